The fourth-order valence-corrected chi connectivity index (χ4v) is 2.93. The minimum atomic E-state index is 0.818. The number of rotatable bonds is 4. The first-order valence-electron chi connectivity index (χ1n) is 5.39. The van der Waals surface area contributed by atoms with Crippen LogP contribution in [-0.4, -0.2) is 11.9 Å². The van der Waals surface area contributed by atoms with Crippen LogP contribution in [0.15, 0.2) is 39.5 Å². The molecule has 2 N–H and O–H groups in total. The Hall–Kier alpha value is -0.840. The van der Waals surface area contributed by atoms with E-state index in [1.807, 2.05) is 12.1 Å². The Labute approximate surface area is 114 Å². The molecule has 0 bridgehead atoms. The molecular weight excluding hydrogens is 296 g/mol. The normalized spacial score (nSPS) is 11.0. The van der Waals surface area contributed by atoms with E-state index in [4.69, 9.17) is 5.73 Å². The molecule has 1 aromatic carbocycles. The zero-order chi connectivity index (χ0) is 12.3. The van der Waals surface area contributed by atoms with Crippen LogP contribution in [0, 0.1) is 0 Å². The van der Waals surface area contributed by atoms with Gasteiger partial charge in [-0.1, -0.05) is 12.1 Å². The van der Waals surface area contributed by atoms with Crippen molar-refractivity contribution in [3.05, 3.63) is 50.6 Å². The summed E-state index contributed by atoms with van der Waals surface area (Å²) < 4.78 is 1.19. The Kier molecular flexibility index (Phi) is 4.20. The van der Waals surface area contributed by atoms with Crippen molar-refractivity contribution in [2.75, 3.05) is 12.8 Å². The molecular formula is C13H15BrN2S. The molecule has 0 atom stereocenters. The predicted molar refractivity (Wildman–Crippen MR) is 78.0 cm³/mol. The van der Waals surface area contributed by atoms with Crippen LogP contribution in [0.3, 0.4) is 0 Å². The molecule has 1 heterocycles. The molecule has 0 amide bonds. The van der Waals surface area contributed by atoms with Gasteiger partial charge in [-0.05, 0) is 57.7 Å². The van der Waals surface area contributed by atoms with Crippen LogP contribution < -0.4 is 5.73 Å². The maximum Gasteiger partial charge on any atom is 0.0701 e. The molecule has 0 aliphatic rings. The Balaban J connectivity index is 1.93. The molecule has 17 heavy (non-hydrogen) atoms. The Morgan fingerprint density at radius 2 is 1.82 bits per heavy atom. The number of nitrogens with two attached hydrogens (primary N) is 1. The van der Waals surface area contributed by atoms with Gasteiger partial charge in [0, 0.05) is 18.8 Å². The quantitative estimate of drug-likeness (QED) is 0.872. The minimum Gasteiger partial charge on any atom is -0.399 e. The van der Waals surface area contributed by atoms with Gasteiger partial charge >= 0.3 is 0 Å². The highest BCUT2D eigenvalue weighted by atomic mass is 79.9. The molecule has 2 nitrogen and oxygen atoms in total. The Bertz CT molecular complexity index is 478. The van der Waals surface area contributed by atoms with Crippen LogP contribution >= 0.6 is 27.3 Å². The molecule has 0 radical (unpaired) electrons. The second kappa shape index (κ2) is 5.67. The summed E-state index contributed by atoms with van der Waals surface area (Å²) in [5.41, 5.74) is 9.12. The van der Waals surface area contributed by atoms with Gasteiger partial charge in [0.1, 0.15) is 0 Å². The lowest BCUT2D eigenvalue weighted by Crippen LogP contribution is -2.16. The number of hydrogen-bond donors (Lipinski definition) is 1. The first-order valence-corrected chi connectivity index (χ1v) is 7.06. The third kappa shape index (κ3) is 3.84. The van der Waals surface area contributed by atoms with Crippen molar-refractivity contribution in [3.63, 3.8) is 0 Å². The summed E-state index contributed by atoms with van der Waals surface area (Å²) >= 11 is 5.21. The van der Waals surface area contributed by atoms with Crippen molar-refractivity contribution in [2.45, 2.75) is 13.1 Å². The van der Waals surface area contributed by atoms with Gasteiger partial charge in [0.2, 0.25) is 0 Å². The van der Waals surface area contributed by atoms with E-state index in [2.05, 4.69) is 51.5 Å². The smallest absolute Gasteiger partial charge is 0.0701 e. The summed E-state index contributed by atoms with van der Waals surface area (Å²) in [5.74, 6) is 0. The maximum absolute atomic E-state index is 5.67. The van der Waals surface area contributed by atoms with Gasteiger partial charge in [-0.15, -0.1) is 11.3 Å². The van der Waals surface area contributed by atoms with Crippen molar-refractivity contribution in [2.24, 2.45) is 0 Å². The van der Waals surface area contributed by atoms with E-state index in [-0.39, 0.29) is 0 Å². The number of hydrogen-bond acceptors (Lipinski definition) is 3. The molecule has 1 aromatic heterocycles. The van der Waals surface area contributed by atoms with Crippen LogP contribution in [0.4, 0.5) is 5.69 Å². The number of nitrogens with zero attached hydrogens (tertiary/aromatic N) is 1. The summed E-state index contributed by atoms with van der Waals surface area (Å²) in [5, 5.41) is 2.18. The van der Waals surface area contributed by atoms with E-state index >= 15 is 0 Å². The Morgan fingerprint density at radius 1 is 1.18 bits per heavy atom. The molecule has 2 rings (SSSR count). The zero-order valence-corrected chi connectivity index (χ0v) is 12.1. The molecule has 4 heteroatoms. The molecule has 0 unspecified atom stereocenters. The van der Waals surface area contributed by atoms with Crippen molar-refractivity contribution < 1.29 is 0 Å². The van der Waals surface area contributed by atoms with Gasteiger partial charge in [0.05, 0.1) is 3.79 Å². The van der Waals surface area contributed by atoms with Crippen LogP contribution in [0.5, 0.6) is 0 Å². The predicted octanol–water partition coefficient (Wildman–Crippen LogP) is 3.72. The van der Waals surface area contributed by atoms with Crippen LogP contribution in [-0.2, 0) is 13.1 Å². The molecule has 2 aromatic rings. The second-order valence-electron chi connectivity index (χ2n) is 4.17. The minimum absolute atomic E-state index is 0.818. The lowest BCUT2D eigenvalue weighted by atomic mass is 10.2. The fourth-order valence-electron chi connectivity index (χ4n) is 1.73. The van der Waals surface area contributed by atoms with Crippen molar-refractivity contribution in [1.82, 2.24) is 4.90 Å². The molecule has 0 aliphatic carbocycles. The summed E-state index contributed by atoms with van der Waals surface area (Å²) in [4.78, 5) is 2.29. The van der Waals surface area contributed by atoms with E-state index in [1.165, 1.54) is 14.9 Å². The average Bonchev–Trinajstić information content (AvgIpc) is 2.67. The monoisotopic (exact) mass is 310 g/mol. The van der Waals surface area contributed by atoms with E-state index < -0.39 is 0 Å². The lowest BCUT2D eigenvalue weighted by molar-refractivity contribution is 0.319. The van der Waals surface area contributed by atoms with Crippen molar-refractivity contribution in [3.8, 4) is 0 Å². The summed E-state index contributed by atoms with van der Waals surface area (Å²) in [7, 11) is 2.13. The number of benzene rings is 1. The fraction of sp³-hybridized carbons (Fsp3) is 0.231. The molecule has 0 fully saturated rings. The highest BCUT2D eigenvalue weighted by Gasteiger charge is 2.03. The van der Waals surface area contributed by atoms with Crippen LogP contribution in [0.1, 0.15) is 11.1 Å². The molecule has 0 saturated carbocycles. The van der Waals surface area contributed by atoms with Gasteiger partial charge in [0.15, 0.2) is 0 Å². The Morgan fingerprint density at radius 3 is 2.41 bits per heavy atom. The van der Waals surface area contributed by atoms with Crippen molar-refractivity contribution >= 4 is 33.0 Å². The molecule has 90 valence electrons. The van der Waals surface area contributed by atoms with Crippen LogP contribution in [0.25, 0.3) is 0 Å². The number of nitrogen functional groups attached to an aromatic ring is 1. The van der Waals surface area contributed by atoms with Gasteiger partial charge in [0.25, 0.3) is 0 Å². The topological polar surface area (TPSA) is 29.3 Å². The summed E-state index contributed by atoms with van der Waals surface area (Å²) in [6.07, 6.45) is 0. The molecule has 0 spiro atoms. The average molecular weight is 311 g/mol. The van der Waals surface area contributed by atoms with E-state index in [1.54, 1.807) is 11.3 Å². The van der Waals surface area contributed by atoms with Gasteiger partial charge in [-0.25, -0.2) is 0 Å². The van der Waals surface area contributed by atoms with Crippen LogP contribution in [0.2, 0.25) is 0 Å². The van der Waals surface area contributed by atoms with Gasteiger partial charge in [-0.2, -0.15) is 0 Å². The van der Waals surface area contributed by atoms with Gasteiger partial charge in [-0.3, -0.25) is 4.90 Å². The highest BCUT2D eigenvalue weighted by molar-refractivity contribution is 9.11. The summed E-state index contributed by atoms with van der Waals surface area (Å²) in [6.45, 7) is 1.90. The van der Waals surface area contributed by atoms with Gasteiger partial charge < -0.3 is 5.73 Å². The van der Waals surface area contributed by atoms with E-state index in [0.717, 1.165) is 18.8 Å². The molecule has 0 aliphatic heterocycles. The zero-order valence-electron chi connectivity index (χ0n) is 9.69. The largest absolute Gasteiger partial charge is 0.399 e. The number of halogens is 1. The highest BCUT2D eigenvalue weighted by Crippen LogP contribution is 2.21. The maximum atomic E-state index is 5.67. The van der Waals surface area contributed by atoms with Crippen molar-refractivity contribution in [1.29, 1.82) is 0 Å². The molecule has 0 saturated heterocycles. The number of thiophene rings is 1. The standard InChI is InChI=1S/C13H15BrN2S/c1-16(8-11-6-13(14)17-9-11)7-10-2-4-12(15)5-3-10/h2-6,9H,7-8,15H2,1H3. The van der Waals surface area contributed by atoms with E-state index in [0.29, 0.717) is 0 Å². The SMILES string of the molecule is CN(Cc1ccc(N)cc1)Cc1csc(Br)c1. The third-order valence-electron chi connectivity index (χ3n) is 2.51. The summed E-state index contributed by atoms with van der Waals surface area (Å²) in [6, 6.07) is 10.2. The second-order valence-corrected chi connectivity index (χ2v) is 6.46. The lowest BCUT2D eigenvalue weighted by Gasteiger charge is -2.15. The first-order chi connectivity index (χ1) is 8.13. The third-order valence-corrected chi connectivity index (χ3v) is 4.06. The first kappa shape index (κ1) is 12.6. The number of anilines is 1. The van der Waals surface area contributed by atoms with E-state index in [9.17, 15) is 0 Å².